The van der Waals surface area contributed by atoms with Crippen LogP contribution < -0.4 is 4.72 Å². The van der Waals surface area contributed by atoms with Gasteiger partial charge in [-0.05, 0) is 36.8 Å². The maximum absolute atomic E-state index is 13.4. The second-order valence-corrected chi connectivity index (χ2v) is 7.44. The lowest BCUT2D eigenvalue weighted by atomic mass is 10.1. The highest BCUT2D eigenvalue weighted by Crippen LogP contribution is 2.21. The van der Waals surface area contributed by atoms with Gasteiger partial charge < -0.3 is 4.98 Å². The van der Waals surface area contributed by atoms with E-state index in [4.69, 9.17) is 0 Å². The van der Waals surface area contributed by atoms with Crippen molar-refractivity contribution in [3.63, 3.8) is 0 Å². The molecular formula is C18H16FN3O3S. The average Bonchev–Trinajstić information content (AvgIpc) is 3.09. The molecule has 0 unspecified atom stereocenters. The molecule has 6 nitrogen and oxygen atoms in total. The Labute approximate surface area is 150 Å². The van der Waals surface area contributed by atoms with Crippen LogP contribution in [0.1, 0.15) is 27.2 Å². The van der Waals surface area contributed by atoms with Crippen molar-refractivity contribution in [3.05, 3.63) is 83.2 Å². The van der Waals surface area contributed by atoms with Gasteiger partial charge in [0.15, 0.2) is 0 Å². The monoisotopic (exact) mass is 373 g/mol. The molecule has 0 bridgehead atoms. The summed E-state index contributed by atoms with van der Waals surface area (Å²) < 4.78 is 40.8. The lowest BCUT2D eigenvalue weighted by molar-refractivity contribution is 0.0981. The third-order valence-electron chi connectivity index (χ3n) is 3.74. The summed E-state index contributed by atoms with van der Waals surface area (Å²) in [5, 5.41) is 0. The molecule has 0 atom stereocenters. The first-order valence-electron chi connectivity index (χ1n) is 7.75. The molecule has 1 amide bonds. The van der Waals surface area contributed by atoms with Crippen molar-refractivity contribution in [2.75, 3.05) is 0 Å². The summed E-state index contributed by atoms with van der Waals surface area (Å²) in [5.41, 5.74) is 1.86. The molecule has 134 valence electrons. The van der Waals surface area contributed by atoms with E-state index in [-0.39, 0.29) is 16.9 Å². The number of carbonyl (C=O) groups excluding carboxylic acids is 1. The zero-order valence-corrected chi connectivity index (χ0v) is 14.7. The minimum atomic E-state index is -4.10. The fraction of sp³-hybridized carbons (Fsp3) is 0.111. The van der Waals surface area contributed by atoms with Crippen LogP contribution in [0.5, 0.6) is 0 Å². The Balaban J connectivity index is 1.95. The number of sulfonamides is 1. The number of pyridine rings is 1. The number of benzene rings is 1. The highest BCUT2D eigenvalue weighted by Gasteiger charge is 2.22. The number of hydrogen-bond acceptors (Lipinski definition) is 4. The molecule has 0 radical (unpaired) electrons. The maximum atomic E-state index is 13.4. The van der Waals surface area contributed by atoms with Gasteiger partial charge in [0.25, 0.3) is 15.9 Å². The summed E-state index contributed by atoms with van der Waals surface area (Å²) in [7, 11) is -4.10. The van der Waals surface area contributed by atoms with Gasteiger partial charge in [-0.1, -0.05) is 17.7 Å². The van der Waals surface area contributed by atoms with Gasteiger partial charge in [0.1, 0.15) is 5.82 Å². The minimum Gasteiger partial charge on any atom is -0.367 e. The van der Waals surface area contributed by atoms with Gasteiger partial charge >= 0.3 is 0 Å². The number of rotatable bonds is 5. The van der Waals surface area contributed by atoms with Gasteiger partial charge in [-0.2, -0.15) is 0 Å². The standard InChI is InChI=1S/C18H16FN3O3S/c1-12-2-3-17(14(8-12)9-16-10-15(19)5-7-21-16)26(24,25)22-18(23)13-4-6-20-11-13/h2-8,10-11,20H,9H2,1H3,(H,22,23). The van der Waals surface area contributed by atoms with Crippen molar-refractivity contribution in [3.8, 4) is 0 Å². The lowest BCUT2D eigenvalue weighted by Gasteiger charge is -2.12. The Morgan fingerprint density at radius 3 is 2.73 bits per heavy atom. The van der Waals surface area contributed by atoms with Crippen molar-refractivity contribution >= 4 is 15.9 Å². The quantitative estimate of drug-likeness (QED) is 0.719. The molecule has 0 aliphatic heterocycles. The summed E-state index contributed by atoms with van der Waals surface area (Å²) >= 11 is 0. The topological polar surface area (TPSA) is 91.9 Å². The van der Waals surface area contributed by atoms with E-state index in [1.165, 1.54) is 42.9 Å². The highest BCUT2D eigenvalue weighted by molar-refractivity contribution is 7.90. The molecule has 2 aromatic heterocycles. The second kappa shape index (κ2) is 7.09. The normalized spacial score (nSPS) is 11.3. The van der Waals surface area contributed by atoms with Gasteiger partial charge in [-0.15, -0.1) is 0 Å². The number of H-pyrrole nitrogens is 1. The fourth-order valence-electron chi connectivity index (χ4n) is 2.55. The Bertz CT molecular complexity index is 1050. The van der Waals surface area contributed by atoms with E-state index in [1.807, 2.05) is 6.92 Å². The largest absolute Gasteiger partial charge is 0.367 e. The number of halogens is 1. The van der Waals surface area contributed by atoms with E-state index in [0.717, 1.165) is 5.56 Å². The van der Waals surface area contributed by atoms with E-state index in [9.17, 15) is 17.6 Å². The van der Waals surface area contributed by atoms with Crippen LogP contribution >= 0.6 is 0 Å². The van der Waals surface area contributed by atoms with E-state index in [0.29, 0.717) is 11.3 Å². The molecule has 3 aromatic rings. The molecule has 0 fully saturated rings. The Kier molecular flexibility index (Phi) is 4.85. The zero-order valence-electron chi connectivity index (χ0n) is 13.9. The zero-order chi connectivity index (χ0) is 18.7. The van der Waals surface area contributed by atoms with Gasteiger partial charge in [-0.3, -0.25) is 9.78 Å². The smallest absolute Gasteiger partial charge is 0.266 e. The van der Waals surface area contributed by atoms with Gasteiger partial charge in [-0.25, -0.2) is 17.5 Å². The third kappa shape index (κ3) is 3.97. The number of aromatic amines is 1. The van der Waals surface area contributed by atoms with Crippen LogP contribution in [-0.4, -0.2) is 24.3 Å². The van der Waals surface area contributed by atoms with Crippen LogP contribution in [0.2, 0.25) is 0 Å². The van der Waals surface area contributed by atoms with E-state index in [1.54, 1.807) is 12.1 Å². The predicted octanol–water partition coefficient (Wildman–Crippen LogP) is 2.57. The van der Waals surface area contributed by atoms with Crippen LogP contribution in [0.3, 0.4) is 0 Å². The first-order valence-corrected chi connectivity index (χ1v) is 9.23. The summed E-state index contributed by atoms with van der Waals surface area (Å²) in [5.74, 6) is -1.19. The van der Waals surface area contributed by atoms with E-state index in [2.05, 4.69) is 14.7 Å². The molecule has 8 heteroatoms. The highest BCUT2D eigenvalue weighted by atomic mass is 32.2. The summed E-state index contributed by atoms with van der Waals surface area (Å²) in [6, 6.07) is 8.68. The SMILES string of the molecule is Cc1ccc(S(=O)(=O)NC(=O)c2cc[nH]c2)c(Cc2cc(F)ccn2)c1. The van der Waals surface area contributed by atoms with E-state index < -0.39 is 21.7 Å². The van der Waals surface area contributed by atoms with Crippen molar-refractivity contribution in [1.29, 1.82) is 0 Å². The number of aromatic nitrogens is 2. The van der Waals surface area contributed by atoms with Crippen LogP contribution in [0.15, 0.2) is 59.9 Å². The second-order valence-electron chi connectivity index (χ2n) is 5.79. The van der Waals surface area contributed by atoms with Crippen molar-refractivity contribution in [1.82, 2.24) is 14.7 Å². The number of nitrogens with one attached hydrogen (secondary N) is 2. The maximum Gasteiger partial charge on any atom is 0.266 e. The Hall–Kier alpha value is -3.00. The fourth-order valence-corrected chi connectivity index (χ4v) is 3.75. The number of nitrogens with zero attached hydrogens (tertiary/aromatic N) is 1. The average molecular weight is 373 g/mol. The first kappa shape index (κ1) is 17.8. The number of amides is 1. The summed E-state index contributed by atoms with van der Waals surface area (Å²) in [6.45, 7) is 1.82. The van der Waals surface area contributed by atoms with Gasteiger partial charge in [0.2, 0.25) is 0 Å². The van der Waals surface area contributed by atoms with Crippen molar-refractivity contribution < 1.29 is 17.6 Å². The van der Waals surface area contributed by atoms with Gasteiger partial charge in [0, 0.05) is 30.7 Å². The Morgan fingerprint density at radius 1 is 1.23 bits per heavy atom. The molecular weight excluding hydrogens is 357 g/mol. The first-order chi connectivity index (χ1) is 12.3. The third-order valence-corrected chi connectivity index (χ3v) is 5.17. The van der Waals surface area contributed by atoms with Crippen LogP contribution in [0, 0.1) is 12.7 Å². The summed E-state index contributed by atoms with van der Waals surface area (Å²) in [4.78, 5) is 18.8. The van der Waals surface area contributed by atoms with Crippen LogP contribution in [-0.2, 0) is 16.4 Å². The molecule has 0 aliphatic rings. The minimum absolute atomic E-state index is 0.0435. The number of aryl methyl sites for hydroxylation is 1. The summed E-state index contributed by atoms with van der Waals surface area (Å²) in [6.07, 6.45) is 4.36. The molecule has 0 saturated heterocycles. The van der Waals surface area contributed by atoms with Crippen molar-refractivity contribution in [2.24, 2.45) is 0 Å². The molecule has 0 spiro atoms. The molecule has 0 aliphatic carbocycles. The molecule has 2 N–H and O–H groups in total. The molecule has 2 heterocycles. The number of hydrogen-bond donors (Lipinski definition) is 2. The number of carbonyl (C=O) groups is 1. The van der Waals surface area contributed by atoms with Crippen molar-refractivity contribution in [2.45, 2.75) is 18.2 Å². The molecule has 0 saturated carbocycles. The molecule has 1 aromatic carbocycles. The predicted molar refractivity (Wildman–Crippen MR) is 93.6 cm³/mol. The van der Waals surface area contributed by atoms with Crippen LogP contribution in [0.25, 0.3) is 0 Å². The van der Waals surface area contributed by atoms with Gasteiger partial charge in [0.05, 0.1) is 10.5 Å². The van der Waals surface area contributed by atoms with Crippen LogP contribution in [0.4, 0.5) is 4.39 Å². The van der Waals surface area contributed by atoms with E-state index >= 15 is 0 Å². The molecule has 3 rings (SSSR count). The molecule has 26 heavy (non-hydrogen) atoms. The lowest BCUT2D eigenvalue weighted by Crippen LogP contribution is -2.31. The Morgan fingerprint density at radius 2 is 2.04 bits per heavy atom.